The molecule has 0 spiro atoms. The van der Waals surface area contributed by atoms with E-state index in [4.69, 9.17) is 5.11 Å². The molecule has 0 heterocycles. The van der Waals surface area contributed by atoms with Crippen molar-refractivity contribution in [3.63, 3.8) is 0 Å². The van der Waals surface area contributed by atoms with Crippen molar-refractivity contribution in [3.8, 4) is 0 Å². The van der Waals surface area contributed by atoms with Gasteiger partial charge in [0.1, 0.15) is 0 Å². The number of rotatable bonds is 21. The quantitative estimate of drug-likeness (QED) is 0.136. The van der Waals surface area contributed by atoms with Gasteiger partial charge in [-0.05, 0) is 74.5 Å². The van der Waals surface area contributed by atoms with Gasteiger partial charge in [0.25, 0.3) is 0 Å². The van der Waals surface area contributed by atoms with Gasteiger partial charge in [0.05, 0.1) is 5.92 Å². The first-order chi connectivity index (χ1) is 19.5. The Bertz CT molecular complexity index is 661. The molecule has 0 saturated heterocycles. The van der Waals surface area contributed by atoms with Crippen LogP contribution in [0.4, 0.5) is 0 Å². The van der Waals surface area contributed by atoms with Gasteiger partial charge >= 0.3 is 11.9 Å². The second kappa shape index (κ2) is 21.6. The zero-order valence-electron chi connectivity index (χ0n) is 26.6. The van der Waals surface area contributed by atoms with Gasteiger partial charge in [-0.3, -0.25) is 9.59 Å². The number of carboxylic acids is 2. The molecule has 2 rings (SSSR count). The van der Waals surface area contributed by atoms with Crippen molar-refractivity contribution in [2.45, 2.75) is 181 Å². The molecule has 0 aliphatic heterocycles. The molecule has 0 amide bonds. The highest BCUT2D eigenvalue weighted by atomic mass is 16.4. The third-order valence-electron chi connectivity index (χ3n) is 10.8. The smallest absolute Gasteiger partial charge is 0.306 e. The number of hydrogen-bond donors (Lipinski definition) is 2. The summed E-state index contributed by atoms with van der Waals surface area (Å²) in [6, 6.07) is 0. The monoisotopic (exact) mass is 562 g/mol. The van der Waals surface area contributed by atoms with Crippen LogP contribution < -0.4 is 0 Å². The molecule has 2 aliphatic carbocycles. The molecule has 4 nitrogen and oxygen atoms in total. The van der Waals surface area contributed by atoms with Gasteiger partial charge in [-0.25, -0.2) is 0 Å². The van der Waals surface area contributed by atoms with E-state index in [-0.39, 0.29) is 5.92 Å². The second-order valence-electron chi connectivity index (χ2n) is 13.8. The molecule has 0 radical (unpaired) electrons. The van der Waals surface area contributed by atoms with Gasteiger partial charge in [0.15, 0.2) is 0 Å². The van der Waals surface area contributed by atoms with Crippen molar-refractivity contribution < 1.29 is 19.8 Å². The molecule has 0 aromatic rings. The first-order valence-corrected chi connectivity index (χ1v) is 17.9. The van der Waals surface area contributed by atoms with Crippen LogP contribution in [-0.4, -0.2) is 22.2 Å². The van der Waals surface area contributed by atoms with Crippen molar-refractivity contribution >= 4 is 11.9 Å². The van der Waals surface area contributed by atoms with E-state index in [1.807, 2.05) is 0 Å². The van der Waals surface area contributed by atoms with Crippen LogP contribution in [0.1, 0.15) is 181 Å². The van der Waals surface area contributed by atoms with Gasteiger partial charge in [0.2, 0.25) is 0 Å². The molecule has 2 aliphatic rings. The Morgan fingerprint density at radius 3 is 1.68 bits per heavy atom. The highest BCUT2D eigenvalue weighted by molar-refractivity contribution is 5.70. The molecular formula is C36H66O4. The van der Waals surface area contributed by atoms with Gasteiger partial charge < -0.3 is 10.2 Å². The Hall–Kier alpha value is -1.06. The minimum Gasteiger partial charge on any atom is -0.481 e. The molecule has 40 heavy (non-hydrogen) atoms. The molecule has 2 saturated carbocycles. The summed E-state index contributed by atoms with van der Waals surface area (Å²) in [5.74, 6) is 2.09. The zero-order valence-corrected chi connectivity index (χ0v) is 26.6. The molecule has 0 aromatic carbocycles. The number of carboxylic acid groups (broad SMARTS) is 2. The zero-order chi connectivity index (χ0) is 29.0. The molecule has 0 bridgehead atoms. The Morgan fingerprint density at radius 2 is 1.07 bits per heavy atom. The first-order valence-electron chi connectivity index (χ1n) is 17.9. The fourth-order valence-corrected chi connectivity index (χ4v) is 8.46. The van der Waals surface area contributed by atoms with E-state index >= 15 is 0 Å². The normalized spacial score (nSPS) is 27.6. The third-order valence-corrected chi connectivity index (χ3v) is 10.8. The van der Waals surface area contributed by atoms with E-state index < -0.39 is 11.9 Å². The predicted molar refractivity (Wildman–Crippen MR) is 168 cm³/mol. The molecule has 234 valence electrons. The lowest BCUT2D eigenvalue weighted by atomic mass is 9.59. The summed E-state index contributed by atoms with van der Waals surface area (Å²) in [5.41, 5.74) is 0. The third kappa shape index (κ3) is 13.7. The largest absolute Gasteiger partial charge is 0.481 e. The highest BCUT2D eigenvalue weighted by Gasteiger charge is 2.41. The van der Waals surface area contributed by atoms with Crippen LogP contribution in [0.5, 0.6) is 0 Å². The van der Waals surface area contributed by atoms with Crippen LogP contribution >= 0.6 is 0 Å². The summed E-state index contributed by atoms with van der Waals surface area (Å²) in [5, 5.41) is 19.2. The summed E-state index contributed by atoms with van der Waals surface area (Å²) in [6.45, 7) is 4.61. The lowest BCUT2D eigenvalue weighted by molar-refractivity contribution is -0.145. The number of carbonyl (C=O) groups is 2. The summed E-state index contributed by atoms with van der Waals surface area (Å²) in [6.07, 6.45) is 31.2. The Kier molecular flexibility index (Phi) is 19.0. The van der Waals surface area contributed by atoms with Crippen molar-refractivity contribution in [2.24, 2.45) is 35.5 Å². The Labute approximate surface area is 247 Å². The molecule has 4 heteroatoms. The van der Waals surface area contributed by atoms with Crippen LogP contribution in [0, 0.1) is 35.5 Å². The van der Waals surface area contributed by atoms with Crippen LogP contribution in [0.15, 0.2) is 0 Å². The SMILES string of the molecule is CCCCCCC1CCC(CCCCCCCC(=O)O)C(CC2CCCCCCC2C(=O)O)C1CCCCCC. The Balaban J connectivity index is 2.15. The van der Waals surface area contributed by atoms with Gasteiger partial charge in [-0.2, -0.15) is 0 Å². The van der Waals surface area contributed by atoms with E-state index in [0.29, 0.717) is 18.3 Å². The lowest BCUT2D eigenvalue weighted by Crippen LogP contribution is -2.38. The maximum absolute atomic E-state index is 12.4. The maximum Gasteiger partial charge on any atom is 0.306 e. The second-order valence-corrected chi connectivity index (χ2v) is 13.8. The van der Waals surface area contributed by atoms with E-state index in [1.165, 1.54) is 116 Å². The number of aliphatic carboxylic acids is 2. The maximum atomic E-state index is 12.4. The van der Waals surface area contributed by atoms with Gasteiger partial charge in [-0.15, -0.1) is 0 Å². The standard InChI is InChI=1S/C36H66O4/c1-3-5-7-14-20-29-26-27-30(21-15-10-9-11-19-25-35(37)38)34(32(29)23-17-8-6-4-2)28-31-22-16-12-13-18-24-33(31)36(39)40/h29-34H,3-28H2,1-2H3,(H,37,38)(H,39,40). The van der Waals surface area contributed by atoms with Crippen molar-refractivity contribution in [2.75, 3.05) is 0 Å². The topological polar surface area (TPSA) is 74.6 Å². The number of unbranched alkanes of at least 4 members (excludes halogenated alkanes) is 10. The fraction of sp³-hybridized carbons (Fsp3) is 0.944. The van der Waals surface area contributed by atoms with Gasteiger partial charge in [-0.1, -0.05) is 129 Å². The minimum atomic E-state index is -0.673. The number of hydrogen-bond acceptors (Lipinski definition) is 2. The summed E-state index contributed by atoms with van der Waals surface area (Å²) < 4.78 is 0. The average molecular weight is 563 g/mol. The van der Waals surface area contributed by atoms with Crippen molar-refractivity contribution in [3.05, 3.63) is 0 Å². The van der Waals surface area contributed by atoms with Crippen LogP contribution in [0.2, 0.25) is 0 Å². The van der Waals surface area contributed by atoms with Crippen LogP contribution in [0.3, 0.4) is 0 Å². The Morgan fingerprint density at radius 1 is 0.550 bits per heavy atom. The lowest BCUT2D eigenvalue weighted by Gasteiger charge is -2.46. The summed E-state index contributed by atoms with van der Waals surface area (Å²) >= 11 is 0. The average Bonchev–Trinajstić information content (AvgIpc) is 2.91. The van der Waals surface area contributed by atoms with Crippen LogP contribution in [0.25, 0.3) is 0 Å². The minimum absolute atomic E-state index is 0.138. The molecule has 6 atom stereocenters. The fourth-order valence-electron chi connectivity index (χ4n) is 8.46. The van der Waals surface area contributed by atoms with E-state index in [0.717, 1.165) is 62.7 Å². The molecule has 6 unspecified atom stereocenters. The van der Waals surface area contributed by atoms with Gasteiger partial charge in [0, 0.05) is 6.42 Å². The highest BCUT2D eigenvalue weighted by Crippen LogP contribution is 2.49. The van der Waals surface area contributed by atoms with Crippen molar-refractivity contribution in [1.29, 1.82) is 0 Å². The van der Waals surface area contributed by atoms with Crippen LogP contribution in [-0.2, 0) is 9.59 Å². The summed E-state index contributed by atoms with van der Waals surface area (Å²) in [7, 11) is 0. The predicted octanol–water partition coefficient (Wildman–Crippen LogP) is 11.1. The van der Waals surface area contributed by atoms with E-state index in [9.17, 15) is 14.7 Å². The summed E-state index contributed by atoms with van der Waals surface area (Å²) in [4.78, 5) is 23.3. The van der Waals surface area contributed by atoms with E-state index in [1.54, 1.807) is 0 Å². The molecule has 0 aromatic heterocycles. The molecule has 2 N–H and O–H groups in total. The van der Waals surface area contributed by atoms with Crippen molar-refractivity contribution in [1.82, 2.24) is 0 Å². The molecule has 2 fully saturated rings. The first kappa shape index (κ1) is 35.1. The molecular weight excluding hydrogens is 496 g/mol. The van der Waals surface area contributed by atoms with E-state index in [2.05, 4.69) is 13.8 Å².